The Kier molecular flexibility index (Phi) is 3.46. The van der Waals surface area contributed by atoms with Gasteiger partial charge in [-0.05, 0) is 20.3 Å². The Morgan fingerprint density at radius 1 is 1.29 bits per heavy atom. The molecule has 3 fully saturated rings. The van der Waals surface area contributed by atoms with Crippen LogP contribution < -0.4 is 0 Å². The number of rotatable bonds is 3. The molecule has 0 amide bonds. The van der Waals surface area contributed by atoms with Crippen LogP contribution in [0, 0.1) is 5.92 Å². The Morgan fingerprint density at radius 2 is 2.00 bits per heavy atom. The number of ether oxygens (including phenoxy) is 5. The van der Waals surface area contributed by atoms with Crippen molar-refractivity contribution in [3.05, 3.63) is 0 Å². The van der Waals surface area contributed by atoms with Crippen molar-refractivity contribution in [1.82, 2.24) is 0 Å². The fourth-order valence-electron chi connectivity index (χ4n) is 2.74. The van der Waals surface area contributed by atoms with E-state index in [2.05, 4.69) is 0 Å². The van der Waals surface area contributed by atoms with Crippen LogP contribution in [0.25, 0.3) is 0 Å². The maximum Gasteiger partial charge on any atom is 0.350 e. The van der Waals surface area contributed by atoms with Crippen molar-refractivity contribution in [3.8, 4) is 0 Å². The number of esters is 2. The number of carbonyl (C=O) groups excluding carboxylic acids is 2. The minimum absolute atomic E-state index is 0.274. The number of hydrogen-bond donors (Lipinski definition) is 0. The molecule has 7 heteroatoms. The van der Waals surface area contributed by atoms with Gasteiger partial charge in [0, 0.05) is 0 Å². The fraction of sp³-hybridized carbons (Fsp3) is 0.857. The van der Waals surface area contributed by atoms with E-state index < -0.39 is 48.4 Å². The molecule has 0 bridgehead atoms. The summed E-state index contributed by atoms with van der Waals surface area (Å²) in [4.78, 5) is 23.8. The maximum atomic E-state index is 11.9. The molecule has 3 aliphatic rings. The van der Waals surface area contributed by atoms with Crippen molar-refractivity contribution >= 4 is 11.9 Å². The van der Waals surface area contributed by atoms with Gasteiger partial charge in [0.2, 0.25) is 6.10 Å². The second kappa shape index (κ2) is 4.93. The summed E-state index contributed by atoms with van der Waals surface area (Å²) in [5, 5.41) is 0. The summed E-state index contributed by atoms with van der Waals surface area (Å²) in [5.41, 5.74) is 0. The monoisotopic (exact) mass is 300 g/mol. The van der Waals surface area contributed by atoms with Crippen molar-refractivity contribution in [1.29, 1.82) is 0 Å². The highest BCUT2D eigenvalue weighted by molar-refractivity contribution is 5.82. The van der Waals surface area contributed by atoms with Crippen LogP contribution in [-0.4, -0.2) is 48.4 Å². The van der Waals surface area contributed by atoms with Gasteiger partial charge in [0.1, 0.15) is 6.10 Å². The lowest BCUT2D eigenvalue weighted by atomic mass is 10.1. The molecule has 6 atom stereocenters. The quantitative estimate of drug-likeness (QED) is 0.711. The zero-order valence-electron chi connectivity index (χ0n) is 12.5. The molecule has 0 aliphatic carbocycles. The molecule has 7 nitrogen and oxygen atoms in total. The number of fused-ring (bicyclic) bond motifs is 3. The third kappa shape index (κ3) is 2.43. The first kappa shape index (κ1) is 14.7. The van der Waals surface area contributed by atoms with E-state index in [-0.39, 0.29) is 5.92 Å². The van der Waals surface area contributed by atoms with E-state index in [1.165, 1.54) is 0 Å². The normalized spacial score (nSPS) is 41.3. The SMILES string of the molecule is CCC(C)C(=O)O[C@@H]1C(=O)O[C@@H]2[C@H]3OC(C)(C)O[C@@H]3O[C@@H]21. The lowest BCUT2D eigenvalue weighted by molar-refractivity contribution is -0.217. The first-order chi connectivity index (χ1) is 9.82. The molecule has 0 saturated carbocycles. The first-order valence-corrected chi connectivity index (χ1v) is 7.24. The molecule has 3 saturated heterocycles. The second-order valence-electron chi connectivity index (χ2n) is 6.14. The van der Waals surface area contributed by atoms with Gasteiger partial charge in [0.15, 0.2) is 24.3 Å². The smallest absolute Gasteiger partial charge is 0.350 e. The largest absolute Gasteiger partial charge is 0.454 e. The Balaban J connectivity index is 1.70. The zero-order chi connectivity index (χ0) is 15.4. The standard InChI is InChI=1S/C14H20O7/c1-5-6(2)11(15)18-9-7-8(17-12(9)16)10-13(19-7)21-14(3,4)20-10/h6-10,13H,5H2,1-4H3/t6?,7-,8-,9-,10+,13-/m0/s1. The third-order valence-electron chi connectivity index (χ3n) is 4.07. The van der Waals surface area contributed by atoms with Gasteiger partial charge < -0.3 is 23.7 Å². The molecule has 3 rings (SSSR count). The Labute approximate surface area is 122 Å². The zero-order valence-corrected chi connectivity index (χ0v) is 12.5. The molecule has 3 aliphatic heterocycles. The van der Waals surface area contributed by atoms with Crippen LogP contribution in [0.2, 0.25) is 0 Å². The van der Waals surface area contributed by atoms with Crippen molar-refractivity contribution in [2.75, 3.05) is 0 Å². The lowest BCUT2D eigenvalue weighted by Gasteiger charge is -2.22. The molecular formula is C14H20O7. The molecular weight excluding hydrogens is 280 g/mol. The fourth-order valence-corrected chi connectivity index (χ4v) is 2.74. The molecule has 0 aromatic carbocycles. The summed E-state index contributed by atoms with van der Waals surface area (Å²) < 4.78 is 27.5. The molecule has 0 spiro atoms. The van der Waals surface area contributed by atoms with E-state index in [1.807, 2.05) is 6.92 Å². The van der Waals surface area contributed by atoms with Gasteiger partial charge in [-0.25, -0.2) is 4.79 Å². The molecule has 0 N–H and O–H groups in total. The van der Waals surface area contributed by atoms with E-state index in [0.29, 0.717) is 6.42 Å². The van der Waals surface area contributed by atoms with Crippen molar-refractivity contribution in [3.63, 3.8) is 0 Å². The van der Waals surface area contributed by atoms with Crippen LogP contribution in [-0.2, 0) is 33.3 Å². The average Bonchev–Trinajstić information content (AvgIpc) is 2.97. The Morgan fingerprint density at radius 3 is 2.67 bits per heavy atom. The summed E-state index contributed by atoms with van der Waals surface area (Å²) in [6, 6.07) is 0. The Hall–Kier alpha value is -1.18. The Bertz CT molecular complexity index is 460. The topological polar surface area (TPSA) is 80.3 Å². The van der Waals surface area contributed by atoms with Crippen LogP contribution in [0.5, 0.6) is 0 Å². The molecule has 0 radical (unpaired) electrons. The van der Waals surface area contributed by atoms with Gasteiger partial charge in [-0.2, -0.15) is 0 Å². The van der Waals surface area contributed by atoms with Crippen LogP contribution in [0.1, 0.15) is 34.1 Å². The summed E-state index contributed by atoms with van der Waals surface area (Å²) in [6.45, 7) is 7.16. The summed E-state index contributed by atoms with van der Waals surface area (Å²) in [5.74, 6) is -2.07. The van der Waals surface area contributed by atoms with Crippen molar-refractivity contribution in [2.45, 2.75) is 70.6 Å². The highest BCUT2D eigenvalue weighted by Crippen LogP contribution is 2.43. The summed E-state index contributed by atoms with van der Waals surface area (Å²) in [6.07, 6.45) is -2.76. The molecule has 21 heavy (non-hydrogen) atoms. The van der Waals surface area contributed by atoms with Crippen molar-refractivity contribution < 1.29 is 33.3 Å². The first-order valence-electron chi connectivity index (χ1n) is 7.24. The number of hydrogen-bond acceptors (Lipinski definition) is 7. The summed E-state index contributed by atoms with van der Waals surface area (Å²) in [7, 11) is 0. The van der Waals surface area contributed by atoms with E-state index >= 15 is 0 Å². The minimum atomic E-state index is -1.04. The van der Waals surface area contributed by atoms with Gasteiger partial charge in [0.25, 0.3) is 0 Å². The lowest BCUT2D eigenvalue weighted by Crippen LogP contribution is -2.38. The predicted molar refractivity (Wildman–Crippen MR) is 67.9 cm³/mol. The molecule has 118 valence electrons. The predicted octanol–water partition coefficient (Wildman–Crippen LogP) is 0.746. The van der Waals surface area contributed by atoms with Crippen LogP contribution in [0.15, 0.2) is 0 Å². The molecule has 1 unspecified atom stereocenters. The molecule has 0 aromatic heterocycles. The van der Waals surface area contributed by atoms with E-state index in [1.54, 1.807) is 20.8 Å². The average molecular weight is 300 g/mol. The van der Waals surface area contributed by atoms with Crippen LogP contribution in [0.3, 0.4) is 0 Å². The van der Waals surface area contributed by atoms with E-state index in [4.69, 9.17) is 23.7 Å². The molecule has 3 heterocycles. The maximum absolute atomic E-state index is 11.9. The molecule has 0 aromatic rings. The van der Waals surface area contributed by atoms with E-state index in [9.17, 15) is 9.59 Å². The second-order valence-corrected chi connectivity index (χ2v) is 6.14. The van der Waals surface area contributed by atoms with Crippen LogP contribution in [0.4, 0.5) is 0 Å². The van der Waals surface area contributed by atoms with Gasteiger partial charge in [0.05, 0.1) is 5.92 Å². The van der Waals surface area contributed by atoms with Gasteiger partial charge in [-0.1, -0.05) is 13.8 Å². The van der Waals surface area contributed by atoms with Crippen molar-refractivity contribution in [2.24, 2.45) is 5.92 Å². The summed E-state index contributed by atoms with van der Waals surface area (Å²) >= 11 is 0. The van der Waals surface area contributed by atoms with Gasteiger partial charge in [-0.3, -0.25) is 4.79 Å². The van der Waals surface area contributed by atoms with E-state index in [0.717, 1.165) is 0 Å². The minimum Gasteiger partial charge on any atom is -0.454 e. The van der Waals surface area contributed by atoms with Gasteiger partial charge >= 0.3 is 11.9 Å². The highest BCUT2D eigenvalue weighted by Gasteiger charge is 2.64. The highest BCUT2D eigenvalue weighted by atomic mass is 16.8. The third-order valence-corrected chi connectivity index (χ3v) is 4.07. The van der Waals surface area contributed by atoms with Crippen LogP contribution >= 0.6 is 0 Å². The number of carbonyl (C=O) groups is 2. The van der Waals surface area contributed by atoms with Gasteiger partial charge in [-0.15, -0.1) is 0 Å².